The number of ether oxygens (including phenoxy) is 1. The number of Topliss-reactive ketones (excluding diaryl/α,β-unsaturated/α-hetero) is 1. The first-order chi connectivity index (χ1) is 15.9. The van der Waals surface area contributed by atoms with E-state index in [1.54, 1.807) is 6.92 Å². The van der Waals surface area contributed by atoms with Crippen LogP contribution in [0.2, 0.25) is 0 Å². The number of rotatable bonds is 22. The number of carbonyl (C=O) groups is 2. The summed E-state index contributed by atoms with van der Waals surface area (Å²) >= 11 is 0. The molecule has 0 saturated heterocycles. The van der Waals surface area contributed by atoms with Crippen LogP contribution < -0.4 is 17.2 Å². The van der Waals surface area contributed by atoms with Crippen LogP contribution in [-0.2, 0) is 14.3 Å². The third-order valence-corrected chi connectivity index (χ3v) is 5.83. The molecule has 0 heterocycles. The molecule has 0 aromatic heterocycles. The molecule has 0 aromatic carbocycles. The predicted octanol–water partition coefficient (Wildman–Crippen LogP) is 4.91. The quantitative estimate of drug-likeness (QED) is 0.0518. The molecule has 0 aliphatic carbocycles. The number of esters is 1. The summed E-state index contributed by atoms with van der Waals surface area (Å²) in [5.41, 5.74) is 15.2. The summed E-state index contributed by atoms with van der Waals surface area (Å²) in [5, 5.41) is 0. The van der Waals surface area contributed by atoms with E-state index in [0.29, 0.717) is 13.0 Å². The highest BCUT2D eigenvalue weighted by molar-refractivity contribution is 6.08. The Morgan fingerprint density at radius 3 is 1.91 bits per heavy atom. The van der Waals surface area contributed by atoms with Crippen molar-refractivity contribution < 1.29 is 14.3 Å². The summed E-state index contributed by atoms with van der Waals surface area (Å²) in [5.74, 6) is -0.941. The van der Waals surface area contributed by atoms with Gasteiger partial charge in [-0.3, -0.25) is 9.79 Å². The molecule has 0 aromatic rings. The lowest BCUT2D eigenvalue weighted by atomic mass is 9.86. The highest BCUT2D eigenvalue weighted by atomic mass is 16.5. The molecular formula is C26H50N4O3. The predicted molar refractivity (Wildman–Crippen MR) is 138 cm³/mol. The largest absolute Gasteiger partial charge is 0.464 e. The van der Waals surface area contributed by atoms with Crippen LogP contribution in [0.25, 0.3) is 0 Å². The molecule has 0 aliphatic heterocycles. The van der Waals surface area contributed by atoms with Gasteiger partial charge in [-0.2, -0.15) is 0 Å². The molecule has 7 nitrogen and oxygen atoms in total. The second-order valence-electron chi connectivity index (χ2n) is 8.86. The Bertz CT molecular complexity index is 574. The number of allylic oxidation sites excluding steroid dienone is 2. The van der Waals surface area contributed by atoms with E-state index in [1.165, 1.54) is 51.4 Å². The number of ketones is 1. The highest BCUT2D eigenvalue weighted by Crippen LogP contribution is 2.19. The van der Waals surface area contributed by atoms with Gasteiger partial charge in [-0.1, -0.05) is 70.4 Å². The molecule has 0 unspecified atom stereocenters. The van der Waals surface area contributed by atoms with E-state index >= 15 is 0 Å². The van der Waals surface area contributed by atoms with E-state index in [9.17, 15) is 9.59 Å². The molecule has 33 heavy (non-hydrogen) atoms. The van der Waals surface area contributed by atoms with Crippen molar-refractivity contribution in [3.05, 3.63) is 12.2 Å². The van der Waals surface area contributed by atoms with Crippen molar-refractivity contribution in [1.82, 2.24) is 0 Å². The minimum absolute atomic E-state index is 0.0200. The molecule has 0 rings (SSSR count). The Kier molecular flexibility index (Phi) is 19.5. The number of carbonyl (C=O) groups excluding carboxylic acids is 2. The fraction of sp³-hybridized carbons (Fsp3) is 0.808. The summed E-state index contributed by atoms with van der Waals surface area (Å²) in [4.78, 5) is 28.9. The molecule has 6 N–H and O–H groups in total. The zero-order valence-corrected chi connectivity index (χ0v) is 21.3. The van der Waals surface area contributed by atoms with E-state index in [-0.39, 0.29) is 31.2 Å². The lowest BCUT2D eigenvalue weighted by Crippen LogP contribution is -2.55. The van der Waals surface area contributed by atoms with Crippen molar-refractivity contribution in [1.29, 1.82) is 0 Å². The van der Waals surface area contributed by atoms with Crippen LogP contribution in [0.15, 0.2) is 17.1 Å². The van der Waals surface area contributed by atoms with Gasteiger partial charge >= 0.3 is 5.97 Å². The number of guanidine groups is 1. The van der Waals surface area contributed by atoms with Gasteiger partial charge in [0.15, 0.2) is 17.3 Å². The number of unbranched alkanes of at least 4 members (excludes halogenated alkanes) is 11. The standard InChI is InChI=1S/C26H50N4O3/c1-3-5-6-7-8-9-10-11-12-13-14-15-16-17-18-20-23(31)26(29,24(32)33-4-2)21-19-22-30-25(27)28/h11-12H,3-10,13-22,29H2,1-2H3,(H4,27,28,30)/b12-11-/t26-/m1/s1. The van der Waals surface area contributed by atoms with E-state index in [2.05, 4.69) is 24.1 Å². The van der Waals surface area contributed by atoms with Gasteiger partial charge in [0.05, 0.1) is 6.61 Å². The SMILES string of the molecule is CCCCCCCC/C=C\CCCCCCCC(=O)[C@](N)(CCCN=C(N)N)C(=O)OCC. The zero-order valence-electron chi connectivity index (χ0n) is 21.3. The molecule has 0 fully saturated rings. The molecule has 0 amide bonds. The molecule has 7 heteroatoms. The van der Waals surface area contributed by atoms with E-state index < -0.39 is 11.5 Å². The molecule has 0 bridgehead atoms. The van der Waals surface area contributed by atoms with Crippen molar-refractivity contribution >= 4 is 17.7 Å². The number of nitrogens with two attached hydrogens (primary N) is 3. The van der Waals surface area contributed by atoms with Crippen molar-refractivity contribution in [2.75, 3.05) is 13.2 Å². The van der Waals surface area contributed by atoms with Gasteiger partial charge in [-0.15, -0.1) is 0 Å². The van der Waals surface area contributed by atoms with Crippen LogP contribution >= 0.6 is 0 Å². The van der Waals surface area contributed by atoms with Crippen LogP contribution in [0.1, 0.15) is 117 Å². The van der Waals surface area contributed by atoms with Gasteiger partial charge < -0.3 is 21.9 Å². The summed E-state index contributed by atoms with van der Waals surface area (Å²) in [6, 6.07) is 0. The van der Waals surface area contributed by atoms with Gasteiger partial charge in [-0.25, -0.2) is 4.79 Å². The Morgan fingerprint density at radius 1 is 0.818 bits per heavy atom. The van der Waals surface area contributed by atoms with Crippen LogP contribution in [-0.4, -0.2) is 36.4 Å². The van der Waals surface area contributed by atoms with E-state index in [1.807, 2.05) is 0 Å². The van der Waals surface area contributed by atoms with Gasteiger partial charge in [-0.05, 0) is 51.9 Å². The molecule has 0 saturated carbocycles. The fourth-order valence-corrected chi connectivity index (χ4v) is 3.76. The van der Waals surface area contributed by atoms with Crippen LogP contribution in [0.4, 0.5) is 0 Å². The third kappa shape index (κ3) is 16.4. The normalized spacial score (nSPS) is 13.1. The first-order valence-electron chi connectivity index (χ1n) is 13.1. The number of hydrogen-bond donors (Lipinski definition) is 3. The summed E-state index contributed by atoms with van der Waals surface area (Å²) in [6.07, 6.45) is 21.0. The van der Waals surface area contributed by atoms with Crippen molar-refractivity contribution in [3.8, 4) is 0 Å². The monoisotopic (exact) mass is 466 g/mol. The molecule has 1 atom stereocenters. The van der Waals surface area contributed by atoms with Gasteiger partial charge in [0.1, 0.15) is 0 Å². The van der Waals surface area contributed by atoms with Crippen molar-refractivity contribution in [2.24, 2.45) is 22.2 Å². The third-order valence-electron chi connectivity index (χ3n) is 5.83. The molecule has 192 valence electrons. The highest BCUT2D eigenvalue weighted by Gasteiger charge is 2.41. The lowest BCUT2D eigenvalue weighted by Gasteiger charge is -2.25. The minimum Gasteiger partial charge on any atom is -0.464 e. The topological polar surface area (TPSA) is 134 Å². The van der Waals surface area contributed by atoms with Crippen LogP contribution in [0, 0.1) is 0 Å². The first kappa shape index (κ1) is 31.1. The van der Waals surface area contributed by atoms with Crippen LogP contribution in [0.5, 0.6) is 0 Å². The maximum Gasteiger partial charge on any atom is 0.333 e. The maximum atomic E-state index is 12.7. The van der Waals surface area contributed by atoms with Crippen molar-refractivity contribution in [2.45, 2.75) is 122 Å². The van der Waals surface area contributed by atoms with Gasteiger partial charge in [0, 0.05) is 13.0 Å². The number of nitrogens with zero attached hydrogens (tertiary/aromatic N) is 1. The molecule has 0 spiro atoms. The maximum absolute atomic E-state index is 12.7. The Morgan fingerprint density at radius 2 is 1.36 bits per heavy atom. The number of aliphatic imine (C=N–C) groups is 1. The van der Waals surface area contributed by atoms with Crippen LogP contribution in [0.3, 0.4) is 0 Å². The number of hydrogen-bond acceptors (Lipinski definition) is 5. The molecular weight excluding hydrogens is 416 g/mol. The smallest absolute Gasteiger partial charge is 0.333 e. The summed E-state index contributed by atoms with van der Waals surface area (Å²) in [6.45, 7) is 4.46. The summed E-state index contributed by atoms with van der Waals surface area (Å²) < 4.78 is 5.06. The van der Waals surface area contributed by atoms with E-state index in [0.717, 1.165) is 32.1 Å². The van der Waals surface area contributed by atoms with E-state index in [4.69, 9.17) is 21.9 Å². The zero-order chi connectivity index (χ0) is 24.8. The molecule has 0 radical (unpaired) electrons. The average Bonchev–Trinajstić information content (AvgIpc) is 2.79. The van der Waals surface area contributed by atoms with Gasteiger partial charge in [0.2, 0.25) is 0 Å². The van der Waals surface area contributed by atoms with Gasteiger partial charge in [0.25, 0.3) is 0 Å². The lowest BCUT2D eigenvalue weighted by molar-refractivity contribution is -0.154. The Balaban J connectivity index is 4.02. The molecule has 0 aliphatic rings. The average molecular weight is 467 g/mol. The fourth-order valence-electron chi connectivity index (χ4n) is 3.76. The first-order valence-corrected chi connectivity index (χ1v) is 13.1. The second kappa shape index (κ2) is 20.7. The van der Waals surface area contributed by atoms with Crippen molar-refractivity contribution in [3.63, 3.8) is 0 Å². The Hall–Kier alpha value is -1.89. The minimum atomic E-state index is -1.62. The summed E-state index contributed by atoms with van der Waals surface area (Å²) in [7, 11) is 0. The Labute approximate surface area is 202 Å². The second-order valence-corrected chi connectivity index (χ2v) is 8.86.